The first-order valence-electron chi connectivity index (χ1n) is 13.4. The summed E-state index contributed by atoms with van der Waals surface area (Å²) in [6.45, 7) is 1.87. The zero-order valence-corrected chi connectivity index (χ0v) is 24.2. The summed E-state index contributed by atoms with van der Waals surface area (Å²) in [5, 5.41) is 14.9. The summed E-state index contributed by atoms with van der Waals surface area (Å²) in [5.74, 6) is -1.81. The van der Waals surface area contributed by atoms with Crippen molar-refractivity contribution >= 4 is 61.8 Å². The van der Waals surface area contributed by atoms with Crippen molar-refractivity contribution in [3.05, 3.63) is 62.8 Å². The molecule has 2 aromatic carbocycles. The summed E-state index contributed by atoms with van der Waals surface area (Å²) >= 11 is 14.3. The minimum absolute atomic E-state index is 0.0642. The zero-order valence-electron chi connectivity index (χ0n) is 21.8. The number of aryl methyl sites for hydroxylation is 1. The molecule has 4 aromatic rings. The number of ether oxygens (including phenoxy) is 1. The lowest BCUT2D eigenvalue weighted by atomic mass is 9.99. The van der Waals surface area contributed by atoms with Crippen molar-refractivity contribution in [1.29, 1.82) is 0 Å². The number of carboxylic acid groups (broad SMARTS) is 1. The van der Waals surface area contributed by atoms with Gasteiger partial charge < -0.3 is 19.3 Å². The summed E-state index contributed by atoms with van der Waals surface area (Å²) < 4.78 is 27.5. The quantitative estimate of drug-likeness (QED) is 0.221. The number of aromatic carboxylic acids is 1. The number of thiazole rings is 1. The number of aromatic nitrogens is 2. The molecule has 1 aliphatic carbocycles. The molecule has 3 fully saturated rings. The van der Waals surface area contributed by atoms with Crippen LogP contribution in [-0.2, 0) is 10.4 Å². The fourth-order valence-corrected chi connectivity index (χ4v) is 7.98. The van der Waals surface area contributed by atoms with Crippen molar-refractivity contribution in [2.24, 2.45) is 0 Å². The van der Waals surface area contributed by atoms with E-state index < -0.39 is 23.7 Å². The number of alkyl halides is 1. The fraction of sp³-hybridized carbons (Fsp3) is 0.379. The Morgan fingerprint density at radius 1 is 1.17 bits per heavy atom. The molecule has 7 rings (SSSR count). The van der Waals surface area contributed by atoms with Crippen LogP contribution in [-0.4, -0.2) is 45.4 Å². The van der Waals surface area contributed by atoms with Crippen LogP contribution in [0.3, 0.4) is 0 Å². The molecule has 2 aliphatic heterocycles. The highest BCUT2D eigenvalue weighted by molar-refractivity contribution is 7.22. The van der Waals surface area contributed by atoms with Gasteiger partial charge in [0.1, 0.15) is 17.4 Å². The van der Waals surface area contributed by atoms with Crippen molar-refractivity contribution in [2.75, 3.05) is 4.90 Å². The van der Waals surface area contributed by atoms with E-state index in [0.29, 0.717) is 18.4 Å². The van der Waals surface area contributed by atoms with E-state index in [4.69, 9.17) is 37.4 Å². The maximum atomic E-state index is 15.3. The second-order valence-electron chi connectivity index (χ2n) is 11.0. The lowest BCUT2D eigenvalue weighted by Gasteiger charge is -2.38. The van der Waals surface area contributed by atoms with Gasteiger partial charge in [-0.3, -0.25) is 0 Å². The summed E-state index contributed by atoms with van der Waals surface area (Å²) in [5.41, 5.74) is 0.412. The number of esters is 1. The third kappa shape index (κ3) is 4.47. The SMILES string of the molecule is Cc1cc(C(=O)O)cc2sc(N3[C@@H]4CC[C@H]3C[C@@H](OC(=O)c3c(-c5c(Cl)cccc5Cl)noc3C3(F)CC3)C4)nc12. The Morgan fingerprint density at radius 3 is 2.49 bits per heavy atom. The first-order valence-corrected chi connectivity index (χ1v) is 15.0. The number of hydrogen-bond acceptors (Lipinski definition) is 8. The molecule has 2 aromatic heterocycles. The summed E-state index contributed by atoms with van der Waals surface area (Å²) in [6, 6.07) is 8.41. The number of halogens is 3. The van der Waals surface area contributed by atoms with Crippen molar-refractivity contribution < 1.29 is 28.3 Å². The van der Waals surface area contributed by atoms with Gasteiger partial charge in [-0.2, -0.15) is 0 Å². The molecular formula is C29H24Cl2FN3O5S. The smallest absolute Gasteiger partial charge is 0.344 e. The monoisotopic (exact) mass is 615 g/mol. The van der Waals surface area contributed by atoms with Crippen LogP contribution in [0.5, 0.6) is 0 Å². The van der Waals surface area contributed by atoms with E-state index in [1.54, 1.807) is 30.3 Å². The van der Waals surface area contributed by atoms with Gasteiger partial charge in [0.15, 0.2) is 16.6 Å². The van der Waals surface area contributed by atoms with Gasteiger partial charge in [0.05, 0.1) is 25.8 Å². The van der Waals surface area contributed by atoms with Gasteiger partial charge in [-0.1, -0.05) is 45.8 Å². The topological polar surface area (TPSA) is 106 Å². The Labute approximate surface area is 248 Å². The molecule has 0 radical (unpaired) electrons. The highest BCUT2D eigenvalue weighted by atomic mass is 35.5. The van der Waals surface area contributed by atoms with Crippen LogP contribution in [0.1, 0.15) is 70.6 Å². The summed E-state index contributed by atoms with van der Waals surface area (Å²) in [6.07, 6.45) is 3.08. The van der Waals surface area contributed by atoms with E-state index in [0.717, 1.165) is 33.8 Å². The van der Waals surface area contributed by atoms with Crippen LogP contribution in [0.15, 0.2) is 34.9 Å². The minimum Gasteiger partial charge on any atom is -0.478 e. The number of rotatable bonds is 6. The molecule has 3 aliphatic rings. The molecule has 2 bridgehead atoms. The number of nitrogens with zero attached hydrogens (tertiary/aromatic N) is 3. The van der Waals surface area contributed by atoms with Gasteiger partial charge in [0.25, 0.3) is 0 Å². The molecule has 2 saturated heterocycles. The van der Waals surface area contributed by atoms with Gasteiger partial charge in [-0.25, -0.2) is 19.0 Å². The molecule has 0 amide bonds. The first-order chi connectivity index (χ1) is 19.6. The lowest BCUT2D eigenvalue weighted by molar-refractivity contribution is 0.0198. The van der Waals surface area contributed by atoms with Crippen LogP contribution < -0.4 is 4.90 Å². The Balaban J connectivity index is 1.15. The Hall–Kier alpha value is -3.21. The van der Waals surface area contributed by atoms with Gasteiger partial charge >= 0.3 is 11.9 Å². The molecule has 12 heteroatoms. The average molecular weight is 616 g/mol. The molecule has 1 saturated carbocycles. The maximum Gasteiger partial charge on any atom is 0.344 e. The second-order valence-corrected chi connectivity index (χ2v) is 12.9. The Bertz CT molecular complexity index is 1700. The van der Waals surface area contributed by atoms with Crippen LogP contribution >= 0.6 is 34.5 Å². The predicted octanol–water partition coefficient (Wildman–Crippen LogP) is 7.58. The van der Waals surface area contributed by atoms with E-state index in [1.807, 2.05) is 6.92 Å². The van der Waals surface area contributed by atoms with Gasteiger partial charge in [-0.15, -0.1) is 0 Å². The number of piperidine rings is 1. The lowest BCUT2D eigenvalue weighted by Crippen LogP contribution is -2.46. The van der Waals surface area contributed by atoms with Crippen LogP contribution in [0, 0.1) is 6.92 Å². The summed E-state index contributed by atoms with van der Waals surface area (Å²) in [4.78, 5) is 32.4. The highest BCUT2D eigenvalue weighted by Gasteiger charge is 2.53. The maximum absolute atomic E-state index is 15.3. The highest BCUT2D eigenvalue weighted by Crippen LogP contribution is 2.53. The number of anilines is 1. The number of fused-ring (bicyclic) bond motifs is 3. The van der Waals surface area contributed by atoms with E-state index >= 15 is 4.39 Å². The van der Waals surface area contributed by atoms with E-state index in [9.17, 15) is 14.7 Å². The Morgan fingerprint density at radius 2 is 1.85 bits per heavy atom. The van der Waals surface area contributed by atoms with Crippen molar-refractivity contribution in [3.63, 3.8) is 0 Å². The number of carbonyl (C=O) groups is 2. The fourth-order valence-electron chi connectivity index (χ4n) is 6.18. The van der Waals surface area contributed by atoms with E-state index in [-0.39, 0.29) is 57.6 Å². The zero-order chi connectivity index (χ0) is 28.6. The number of carboxylic acids is 1. The number of carbonyl (C=O) groups excluding carboxylic acids is 1. The Kier molecular flexibility index (Phi) is 6.29. The molecule has 41 heavy (non-hydrogen) atoms. The molecule has 0 spiro atoms. The normalized spacial score (nSPS) is 22.7. The minimum atomic E-state index is -1.76. The number of hydrogen-bond donors (Lipinski definition) is 1. The van der Waals surface area contributed by atoms with Gasteiger partial charge in [-0.05, 0) is 62.4 Å². The van der Waals surface area contributed by atoms with Gasteiger partial charge in [0.2, 0.25) is 0 Å². The van der Waals surface area contributed by atoms with Gasteiger partial charge in [0, 0.05) is 30.5 Å². The van der Waals surface area contributed by atoms with E-state index in [2.05, 4.69) is 10.1 Å². The molecular weight excluding hydrogens is 592 g/mol. The third-order valence-electron chi connectivity index (χ3n) is 8.30. The number of benzene rings is 2. The standard InChI is InChI=1S/C29H24Cl2FN3O5S/c1-13-9-14(26(36)37)10-20-23(13)33-28(41-20)35-15-5-6-16(35)12-17(11-15)39-27(38)22-24(21-18(30)3-2-4-19(21)31)34-40-25(22)29(32)7-8-29/h2-4,9-10,15-17H,5-8,11-12H2,1H3,(H,36,37)/t15-,16+,17+. The molecule has 3 atom stereocenters. The van der Waals surface area contributed by atoms with Crippen LogP contribution in [0.25, 0.3) is 21.5 Å². The molecule has 212 valence electrons. The van der Waals surface area contributed by atoms with Crippen molar-refractivity contribution in [1.82, 2.24) is 10.1 Å². The molecule has 1 N–H and O–H groups in total. The van der Waals surface area contributed by atoms with Crippen molar-refractivity contribution in [2.45, 2.75) is 69.3 Å². The second kappa shape index (κ2) is 9.68. The third-order valence-corrected chi connectivity index (χ3v) is 9.94. The largest absolute Gasteiger partial charge is 0.478 e. The molecule has 8 nitrogen and oxygen atoms in total. The summed E-state index contributed by atoms with van der Waals surface area (Å²) in [7, 11) is 0. The van der Waals surface area contributed by atoms with Crippen LogP contribution in [0.4, 0.5) is 9.52 Å². The van der Waals surface area contributed by atoms with E-state index in [1.165, 1.54) is 11.3 Å². The predicted molar refractivity (Wildman–Crippen MR) is 153 cm³/mol. The average Bonchev–Trinajstić information content (AvgIpc) is 3.23. The van der Waals surface area contributed by atoms with Crippen LogP contribution in [0.2, 0.25) is 10.0 Å². The van der Waals surface area contributed by atoms with Crippen molar-refractivity contribution in [3.8, 4) is 11.3 Å². The molecule has 4 heterocycles. The molecule has 0 unspecified atom stereocenters. The first kappa shape index (κ1) is 26.7.